The van der Waals surface area contributed by atoms with Crippen molar-refractivity contribution in [3.8, 4) is 11.5 Å². The van der Waals surface area contributed by atoms with Gasteiger partial charge in [-0.3, -0.25) is 9.89 Å². The molecule has 1 aliphatic rings. The van der Waals surface area contributed by atoms with E-state index in [0.717, 1.165) is 5.56 Å². The second-order valence-electron chi connectivity index (χ2n) is 6.73. The molecule has 1 heterocycles. The van der Waals surface area contributed by atoms with Crippen LogP contribution in [0.4, 0.5) is 13.2 Å². The van der Waals surface area contributed by atoms with Gasteiger partial charge in [0.15, 0.2) is 17.5 Å². The first-order chi connectivity index (χ1) is 13.3. The van der Waals surface area contributed by atoms with Crippen molar-refractivity contribution in [3.05, 3.63) is 23.8 Å². The third-order valence-electron chi connectivity index (χ3n) is 4.88. The van der Waals surface area contributed by atoms with E-state index in [2.05, 4.69) is 10.3 Å². The van der Waals surface area contributed by atoms with Gasteiger partial charge in [-0.25, -0.2) is 0 Å². The van der Waals surface area contributed by atoms with Crippen molar-refractivity contribution in [2.24, 2.45) is 4.99 Å². The summed E-state index contributed by atoms with van der Waals surface area (Å²) in [5.74, 6) is 1.23. The van der Waals surface area contributed by atoms with Crippen LogP contribution in [-0.4, -0.2) is 79.5 Å². The molecule has 29 heavy (non-hydrogen) atoms. The molecule has 166 valence electrons. The summed E-state index contributed by atoms with van der Waals surface area (Å²) in [6.45, 7) is 6.07. The molecule has 6 nitrogen and oxygen atoms in total. The monoisotopic (exact) mass is 530 g/mol. The number of phenols is 1. The van der Waals surface area contributed by atoms with Gasteiger partial charge in [0.2, 0.25) is 0 Å². The lowest BCUT2D eigenvalue weighted by atomic mass is 10.1. The quantitative estimate of drug-likeness (QED) is 0.337. The van der Waals surface area contributed by atoms with Gasteiger partial charge in [0.25, 0.3) is 0 Å². The average molecular weight is 530 g/mol. The predicted molar refractivity (Wildman–Crippen MR) is 118 cm³/mol. The molecule has 1 saturated heterocycles. The molecular weight excluding hydrogens is 500 g/mol. The fraction of sp³-hybridized carbons (Fsp3) is 0.632. The zero-order chi connectivity index (χ0) is 20.7. The lowest BCUT2D eigenvalue weighted by Crippen LogP contribution is -2.56. The third kappa shape index (κ3) is 7.40. The van der Waals surface area contributed by atoms with Crippen molar-refractivity contribution in [2.45, 2.75) is 32.5 Å². The maximum absolute atomic E-state index is 12.9. The van der Waals surface area contributed by atoms with Crippen LogP contribution < -0.4 is 10.1 Å². The number of benzene rings is 1. The summed E-state index contributed by atoms with van der Waals surface area (Å²) in [6, 6.07) is 3.75. The Balaban J connectivity index is 0.00000420. The number of nitrogens with one attached hydrogen (secondary N) is 1. The normalized spacial score (nSPS) is 16.9. The number of hydrogen-bond acceptors (Lipinski definition) is 4. The predicted octanol–water partition coefficient (Wildman–Crippen LogP) is 3.10. The van der Waals surface area contributed by atoms with Gasteiger partial charge in [-0.05, 0) is 38.0 Å². The lowest BCUT2D eigenvalue weighted by Gasteiger charge is -2.39. The van der Waals surface area contributed by atoms with Crippen LogP contribution in [0.2, 0.25) is 0 Å². The van der Waals surface area contributed by atoms with E-state index in [0.29, 0.717) is 57.4 Å². The van der Waals surface area contributed by atoms with E-state index in [1.165, 1.54) is 18.9 Å². The van der Waals surface area contributed by atoms with Gasteiger partial charge in [-0.15, -0.1) is 24.0 Å². The van der Waals surface area contributed by atoms with Crippen LogP contribution in [0.25, 0.3) is 0 Å². The molecule has 0 spiro atoms. The molecule has 2 rings (SSSR count). The Bertz CT molecular complexity index is 665. The number of aliphatic imine (C=N–C) groups is 1. The summed E-state index contributed by atoms with van der Waals surface area (Å²) in [5.41, 5.74) is 0.984. The maximum atomic E-state index is 12.9. The minimum absolute atomic E-state index is 0. The van der Waals surface area contributed by atoms with Crippen molar-refractivity contribution in [3.63, 3.8) is 0 Å². The number of piperazine rings is 1. The van der Waals surface area contributed by atoms with Crippen LogP contribution in [0, 0.1) is 0 Å². The van der Waals surface area contributed by atoms with Gasteiger partial charge < -0.3 is 20.1 Å². The Morgan fingerprint density at radius 2 is 1.93 bits per heavy atom. The summed E-state index contributed by atoms with van der Waals surface area (Å²) >= 11 is 0. The number of ether oxygens (including phenoxy) is 1. The van der Waals surface area contributed by atoms with Crippen LogP contribution in [0.1, 0.15) is 19.4 Å². The number of methoxy groups -OCH3 is 1. The Hall–Kier alpha value is -1.43. The van der Waals surface area contributed by atoms with E-state index in [-0.39, 0.29) is 29.7 Å². The second-order valence-corrected chi connectivity index (χ2v) is 6.73. The molecule has 0 aromatic heterocycles. The number of nitrogens with zero attached hydrogens (tertiary/aromatic N) is 3. The second kappa shape index (κ2) is 11.7. The van der Waals surface area contributed by atoms with Crippen LogP contribution in [0.3, 0.4) is 0 Å². The summed E-state index contributed by atoms with van der Waals surface area (Å²) in [7, 11) is 1.50. The zero-order valence-corrected chi connectivity index (χ0v) is 19.3. The Kier molecular flexibility index (Phi) is 10.3. The molecule has 1 aromatic rings. The molecule has 0 bridgehead atoms. The van der Waals surface area contributed by atoms with E-state index in [9.17, 15) is 18.3 Å². The van der Waals surface area contributed by atoms with Crippen LogP contribution in [-0.2, 0) is 6.42 Å². The number of alkyl halides is 3. The van der Waals surface area contributed by atoms with Gasteiger partial charge in [0, 0.05) is 39.3 Å². The van der Waals surface area contributed by atoms with E-state index < -0.39 is 12.2 Å². The Morgan fingerprint density at radius 1 is 1.28 bits per heavy atom. The highest BCUT2D eigenvalue weighted by Gasteiger charge is 2.41. The fourth-order valence-electron chi connectivity index (χ4n) is 3.12. The molecule has 0 amide bonds. The van der Waals surface area contributed by atoms with E-state index >= 15 is 0 Å². The van der Waals surface area contributed by atoms with E-state index in [1.54, 1.807) is 12.1 Å². The SMILES string of the molecule is CCNC(=NCCc1ccc(O)c(OC)c1)N1CCN(C(C)C(F)(F)F)CC1.I. The zero-order valence-electron chi connectivity index (χ0n) is 17.0. The number of phenolic OH excluding ortho intramolecular Hbond substituents is 1. The highest BCUT2D eigenvalue weighted by Crippen LogP contribution is 2.27. The fourth-order valence-corrected chi connectivity index (χ4v) is 3.12. The molecule has 2 N–H and O–H groups in total. The van der Waals surface area contributed by atoms with Gasteiger partial charge in [0.1, 0.15) is 6.04 Å². The van der Waals surface area contributed by atoms with Crippen LogP contribution in [0.5, 0.6) is 11.5 Å². The molecule has 1 unspecified atom stereocenters. The van der Waals surface area contributed by atoms with Crippen LogP contribution >= 0.6 is 24.0 Å². The van der Waals surface area contributed by atoms with Crippen molar-refractivity contribution in [1.29, 1.82) is 0 Å². The average Bonchev–Trinajstić information content (AvgIpc) is 2.67. The first kappa shape index (κ1) is 25.6. The van der Waals surface area contributed by atoms with Gasteiger partial charge >= 0.3 is 6.18 Å². The first-order valence-corrected chi connectivity index (χ1v) is 9.46. The van der Waals surface area contributed by atoms with Gasteiger partial charge in [-0.2, -0.15) is 13.2 Å². The number of aromatic hydroxyl groups is 1. The largest absolute Gasteiger partial charge is 0.504 e. The summed E-state index contributed by atoms with van der Waals surface area (Å²) in [4.78, 5) is 8.08. The highest BCUT2D eigenvalue weighted by atomic mass is 127. The number of rotatable bonds is 6. The molecule has 0 radical (unpaired) electrons. The molecule has 0 saturated carbocycles. The van der Waals surface area contributed by atoms with E-state index in [4.69, 9.17) is 4.74 Å². The number of halogens is 4. The summed E-state index contributed by atoms with van der Waals surface area (Å²) < 4.78 is 43.8. The Labute approximate surface area is 187 Å². The van der Waals surface area contributed by atoms with Gasteiger partial charge in [-0.1, -0.05) is 6.07 Å². The molecule has 10 heteroatoms. The third-order valence-corrected chi connectivity index (χ3v) is 4.88. The summed E-state index contributed by atoms with van der Waals surface area (Å²) in [6.07, 6.45) is -3.54. The number of hydrogen-bond donors (Lipinski definition) is 2. The molecule has 1 fully saturated rings. The molecule has 1 aromatic carbocycles. The Morgan fingerprint density at radius 3 is 2.48 bits per heavy atom. The minimum Gasteiger partial charge on any atom is -0.504 e. The summed E-state index contributed by atoms with van der Waals surface area (Å²) in [5, 5.41) is 12.9. The van der Waals surface area contributed by atoms with Crippen molar-refractivity contribution in [1.82, 2.24) is 15.1 Å². The maximum Gasteiger partial charge on any atom is 0.403 e. The molecule has 0 aliphatic carbocycles. The topological polar surface area (TPSA) is 60.3 Å². The highest BCUT2D eigenvalue weighted by molar-refractivity contribution is 14.0. The standard InChI is InChI=1S/C19H29F3N4O2.HI/c1-4-23-18(24-8-7-15-5-6-16(27)17(13-15)28-3)26-11-9-25(10-12-26)14(2)19(20,21)22;/h5-6,13-14,27H,4,7-12H2,1-3H3,(H,23,24);1H. The molecular formula is C19H30F3IN4O2. The molecule has 1 atom stereocenters. The van der Waals surface area contributed by atoms with Gasteiger partial charge in [0.05, 0.1) is 7.11 Å². The van der Waals surface area contributed by atoms with Crippen LogP contribution in [0.15, 0.2) is 23.2 Å². The smallest absolute Gasteiger partial charge is 0.403 e. The number of guanidine groups is 1. The van der Waals surface area contributed by atoms with E-state index in [1.807, 2.05) is 17.9 Å². The van der Waals surface area contributed by atoms with Crippen molar-refractivity contribution >= 4 is 29.9 Å². The van der Waals surface area contributed by atoms with Crippen molar-refractivity contribution in [2.75, 3.05) is 46.4 Å². The lowest BCUT2D eigenvalue weighted by molar-refractivity contribution is -0.181. The van der Waals surface area contributed by atoms with Crippen molar-refractivity contribution < 1.29 is 23.0 Å². The molecule has 1 aliphatic heterocycles. The first-order valence-electron chi connectivity index (χ1n) is 9.46. The minimum atomic E-state index is -4.20.